The Morgan fingerprint density at radius 2 is 1.80 bits per heavy atom. The van der Waals surface area contributed by atoms with Crippen molar-refractivity contribution in [3.05, 3.63) is 62.6 Å². The third-order valence-electron chi connectivity index (χ3n) is 6.36. The molecule has 3 heterocycles. The van der Waals surface area contributed by atoms with E-state index in [0.717, 1.165) is 29.7 Å². The Kier molecular flexibility index (Phi) is 6.42. The van der Waals surface area contributed by atoms with Crippen molar-refractivity contribution in [2.75, 3.05) is 0 Å². The third kappa shape index (κ3) is 4.65. The number of carbonyl (C=O) groups is 1. The first-order valence-corrected chi connectivity index (χ1v) is 11.5. The number of hydrogen-bond acceptors (Lipinski definition) is 5. The molecule has 2 aromatic rings. The Hall–Kier alpha value is -2.59. The second-order valence-electron chi connectivity index (χ2n) is 9.24. The minimum Gasteiger partial charge on any atom is -0.372 e. The number of halogens is 6. The van der Waals surface area contributed by atoms with Crippen LogP contribution in [0.4, 0.5) is 17.6 Å². The molecule has 0 fully saturated rings. The van der Waals surface area contributed by atoms with Gasteiger partial charge >= 0.3 is 6.18 Å². The van der Waals surface area contributed by atoms with E-state index in [1.165, 1.54) is 6.20 Å². The number of fused-ring (bicyclic) bond motifs is 1. The fraction of sp³-hybridized carbons (Fsp3) is 0.435. The smallest absolute Gasteiger partial charge is 0.372 e. The Bertz CT molecular complexity index is 1200. The molecule has 1 aromatic heterocycles. The topological polar surface area (TPSA) is 66.8 Å². The average Bonchev–Trinajstić information content (AvgIpc) is 3.41. The summed E-state index contributed by atoms with van der Waals surface area (Å²) in [5.74, 6) is -1.30. The highest BCUT2D eigenvalue weighted by atomic mass is 35.5. The quantitative estimate of drug-likeness (QED) is 0.390. The number of nitrogens with one attached hydrogen (secondary N) is 1. The van der Waals surface area contributed by atoms with E-state index in [-0.39, 0.29) is 30.5 Å². The summed E-state index contributed by atoms with van der Waals surface area (Å²) >= 11 is 11.5. The van der Waals surface area contributed by atoms with E-state index < -0.39 is 45.2 Å². The van der Waals surface area contributed by atoms with Crippen molar-refractivity contribution >= 4 is 34.9 Å². The van der Waals surface area contributed by atoms with Crippen LogP contribution in [0.15, 0.2) is 29.6 Å². The number of carbonyl (C=O) groups excluding carboxylic acids is 1. The number of nitrogens with zero attached hydrogens (tertiary/aromatic N) is 3. The van der Waals surface area contributed by atoms with Gasteiger partial charge in [0.2, 0.25) is 0 Å². The highest BCUT2D eigenvalue weighted by molar-refractivity contribution is 6.35. The normalized spacial score (nSPS) is 19.9. The van der Waals surface area contributed by atoms with Crippen molar-refractivity contribution < 1.29 is 27.2 Å². The predicted octanol–water partition coefficient (Wildman–Crippen LogP) is 5.95. The van der Waals surface area contributed by atoms with Crippen LogP contribution in [0.1, 0.15) is 60.8 Å². The van der Waals surface area contributed by atoms with Gasteiger partial charge in [0.15, 0.2) is 5.82 Å². The van der Waals surface area contributed by atoms with Crippen LogP contribution >= 0.6 is 23.2 Å². The van der Waals surface area contributed by atoms with E-state index in [2.05, 4.69) is 15.5 Å². The van der Waals surface area contributed by atoms with E-state index in [1.54, 1.807) is 11.0 Å². The summed E-state index contributed by atoms with van der Waals surface area (Å²) in [4.78, 5) is 23.4. The molecule has 0 bridgehead atoms. The lowest BCUT2D eigenvalue weighted by atomic mass is 9.89. The van der Waals surface area contributed by atoms with Gasteiger partial charge in [-0.25, -0.2) is 4.39 Å². The molecule has 2 aliphatic heterocycles. The molecule has 0 spiro atoms. The van der Waals surface area contributed by atoms with E-state index in [0.29, 0.717) is 0 Å². The number of rotatable bonds is 4. The summed E-state index contributed by atoms with van der Waals surface area (Å²) in [7, 11) is 0. The van der Waals surface area contributed by atoms with Gasteiger partial charge in [-0.1, -0.05) is 35.3 Å². The Labute approximate surface area is 209 Å². The number of amides is 1. The van der Waals surface area contributed by atoms with Crippen LogP contribution < -0.4 is 5.32 Å². The molecule has 12 heteroatoms. The summed E-state index contributed by atoms with van der Waals surface area (Å²) in [6.07, 6.45) is -3.29. The first kappa shape index (κ1) is 25.5. The minimum atomic E-state index is -4.89. The molecule has 1 atom stereocenters. The minimum absolute atomic E-state index is 0.0493. The van der Waals surface area contributed by atoms with Gasteiger partial charge in [0.1, 0.15) is 11.5 Å². The molecule has 0 saturated carbocycles. The van der Waals surface area contributed by atoms with Gasteiger partial charge in [0.25, 0.3) is 11.5 Å². The summed E-state index contributed by atoms with van der Waals surface area (Å²) < 4.78 is 56.6. The van der Waals surface area contributed by atoms with Crippen LogP contribution in [0.3, 0.4) is 0 Å². The van der Waals surface area contributed by atoms with Gasteiger partial charge in [0.05, 0.1) is 16.5 Å². The molecule has 35 heavy (non-hydrogen) atoms. The molecule has 2 aliphatic rings. The molecule has 188 valence electrons. The van der Waals surface area contributed by atoms with E-state index in [9.17, 15) is 22.4 Å². The fourth-order valence-electron chi connectivity index (χ4n) is 3.89. The average molecular weight is 533 g/mol. The number of amidine groups is 1. The van der Waals surface area contributed by atoms with Gasteiger partial charge in [-0.3, -0.25) is 9.78 Å². The van der Waals surface area contributed by atoms with Crippen molar-refractivity contribution in [3.63, 3.8) is 0 Å². The van der Waals surface area contributed by atoms with Crippen molar-refractivity contribution in [2.45, 2.75) is 64.0 Å². The molecule has 1 N–H and O–H groups in total. The van der Waals surface area contributed by atoms with E-state index in [4.69, 9.17) is 28.0 Å². The molecule has 0 saturated heterocycles. The van der Waals surface area contributed by atoms with Crippen LogP contribution in [-0.2, 0) is 23.5 Å². The van der Waals surface area contributed by atoms with Crippen LogP contribution in [0, 0.1) is 5.82 Å². The number of pyridine rings is 1. The maximum Gasteiger partial charge on any atom is 0.435 e. The molecule has 6 nitrogen and oxygen atoms in total. The molecule has 1 aromatic carbocycles. The van der Waals surface area contributed by atoms with Crippen LogP contribution in [0.2, 0.25) is 10.0 Å². The number of hydrogen-bond donors (Lipinski definition) is 1. The SMILES string of the molecule is CCC(C)(C)NC(=O)c1cc2c(cn1)CN(C1=NOC(c3cc(Cl)c(F)c(Cl)c3)(C(F)(F)F)C1)C2. The van der Waals surface area contributed by atoms with Gasteiger partial charge in [-0.15, -0.1) is 0 Å². The van der Waals surface area contributed by atoms with Crippen LogP contribution in [-0.4, -0.2) is 33.3 Å². The lowest BCUT2D eigenvalue weighted by Crippen LogP contribution is -2.44. The number of benzene rings is 1. The number of alkyl halides is 3. The maximum absolute atomic E-state index is 14.2. The molecule has 0 aliphatic carbocycles. The summed E-state index contributed by atoms with van der Waals surface area (Å²) in [5, 5.41) is 5.54. The zero-order chi connectivity index (χ0) is 25.8. The summed E-state index contributed by atoms with van der Waals surface area (Å²) in [6, 6.07) is 3.32. The molecule has 4 rings (SSSR count). The number of oxime groups is 1. The van der Waals surface area contributed by atoms with Crippen molar-refractivity contribution in [2.24, 2.45) is 5.16 Å². The summed E-state index contributed by atoms with van der Waals surface area (Å²) in [6.45, 7) is 6.20. The zero-order valence-corrected chi connectivity index (χ0v) is 20.6. The second-order valence-corrected chi connectivity index (χ2v) is 10.1. The maximum atomic E-state index is 14.2. The fourth-order valence-corrected chi connectivity index (χ4v) is 4.38. The van der Waals surface area contributed by atoms with Gasteiger partial charge in [-0.2, -0.15) is 13.2 Å². The lowest BCUT2D eigenvalue weighted by Gasteiger charge is -2.30. The van der Waals surface area contributed by atoms with E-state index in [1.807, 2.05) is 20.8 Å². The van der Waals surface area contributed by atoms with Crippen LogP contribution in [0.25, 0.3) is 0 Å². The third-order valence-corrected chi connectivity index (χ3v) is 6.91. The monoisotopic (exact) mass is 532 g/mol. The Balaban J connectivity index is 1.56. The molecule has 1 unspecified atom stereocenters. The largest absolute Gasteiger partial charge is 0.435 e. The van der Waals surface area contributed by atoms with Gasteiger partial charge in [-0.05, 0) is 49.6 Å². The zero-order valence-electron chi connectivity index (χ0n) is 19.1. The van der Waals surface area contributed by atoms with E-state index >= 15 is 0 Å². The highest BCUT2D eigenvalue weighted by Gasteiger charge is 2.63. The predicted molar refractivity (Wildman–Crippen MR) is 123 cm³/mol. The standard InChI is InChI=1S/C23H22Cl2F4N4O2/c1-4-21(2,3)31-20(34)17-5-12-10-33(11-13(12)9-30-17)18-8-22(35-32-18,23(27,28)29)14-6-15(24)19(26)16(25)7-14/h5-7,9H,4,8,10-11H2,1-3H3,(H,31,34). The van der Waals surface area contributed by atoms with Crippen molar-refractivity contribution in [3.8, 4) is 0 Å². The van der Waals surface area contributed by atoms with Crippen LogP contribution in [0.5, 0.6) is 0 Å². The second kappa shape index (κ2) is 8.81. The molecule has 0 radical (unpaired) electrons. The lowest BCUT2D eigenvalue weighted by molar-refractivity contribution is -0.275. The molecular formula is C23H22Cl2F4N4O2. The van der Waals surface area contributed by atoms with Crippen molar-refractivity contribution in [1.82, 2.24) is 15.2 Å². The first-order chi connectivity index (χ1) is 16.3. The Morgan fingerprint density at radius 1 is 1.17 bits per heavy atom. The van der Waals surface area contributed by atoms with Crippen molar-refractivity contribution in [1.29, 1.82) is 0 Å². The summed E-state index contributed by atoms with van der Waals surface area (Å²) in [5.41, 5.74) is -2.00. The highest BCUT2D eigenvalue weighted by Crippen LogP contribution is 2.50. The van der Waals surface area contributed by atoms with Gasteiger partial charge in [0, 0.05) is 30.4 Å². The first-order valence-electron chi connectivity index (χ1n) is 10.8. The molecular weight excluding hydrogens is 511 g/mol. The Morgan fingerprint density at radius 3 is 2.40 bits per heavy atom. The number of aromatic nitrogens is 1. The van der Waals surface area contributed by atoms with Gasteiger partial charge < -0.3 is 15.1 Å². The molecule has 1 amide bonds.